The van der Waals surface area contributed by atoms with Crippen molar-refractivity contribution < 1.29 is 24.6 Å². The molecule has 0 aliphatic heterocycles. The summed E-state index contributed by atoms with van der Waals surface area (Å²) in [7, 11) is 1.82. The molecule has 6 N–H and O–H groups in total. The lowest BCUT2D eigenvalue weighted by Crippen LogP contribution is -2.40. The number of hydrogen-bond acceptors (Lipinski definition) is 8. The molecule has 2 aromatic heterocycles. The molecule has 1 amide bonds. The van der Waals surface area contributed by atoms with Gasteiger partial charge in [-0.1, -0.05) is 6.07 Å². The van der Waals surface area contributed by atoms with Gasteiger partial charge in [0, 0.05) is 20.0 Å². The summed E-state index contributed by atoms with van der Waals surface area (Å²) >= 11 is 1.16. The number of aliphatic carboxylic acids is 2. The number of nitrogens with zero attached hydrogens (tertiary/aromatic N) is 2. The number of amides is 1. The summed E-state index contributed by atoms with van der Waals surface area (Å²) in [6.45, 7) is 0.442. The number of nitrogens with one attached hydrogen (secondary N) is 2. The minimum Gasteiger partial charge on any atom is -0.481 e. The van der Waals surface area contributed by atoms with Gasteiger partial charge in [-0.2, -0.15) is 0 Å². The molecule has 1 aromatic carbocycles. The third kappa shape index (κ3) is 5.40. The van der Waals surface area contributed by atoms with Gasteiger partial charge in [0.1, 0.15) is 6.04 Å². The van der Waals surface area contributed by atoms with E-state index in [0.29, 0.717) is 22.3 Å². The zero-order valence-corrected chi connectivity index (χ0v) is 17.8. The standard InChI is InChI=1S/C20H21N5O6S/c1-25(9-10-2-3-12-11(8-10)17(28)24-20(21)23-12)15-6-5-14(32-15)18(29)22-13(19(30)31)4-7-16(26)27/h2-3,5-6,8,13H,4,7,9H2,1H3,(H,22,29)(H,26,27)(H,30,31)(H3,21,23,24,28)/t13-/m1/s1. The van der Waals surface area contributed by atoms with Gasteiger partial charge in [0.15, 0.2) is 0 Å². The number of benzene rings is 1. The second kappa shape index (κ2) is 9.47. The molecule has 0 fully saturated rings. The highest BCUT2D eigenvalue weighted by Gasteiger charge is 2.22. The van der Waals surface area contributed by atoms with Crippen LogP contribution in [0.1, 0.15) is 28.1 Å². The van der Waals surface area contributed by atoms with E-state index in [-0.39, 0.29) is 24.3 Å². The van der Waals surface area contributed by atoms with Crippen LogP contribution in [0.4, 0.5) is 10.9 Å². The molecule has 3 rings (SSSR count). The maximum atomic E-state index is 12.4. The molecule has 0 bridgehead atoms. The van der Waals surface area contributed by atoms with Crippen LogP contribution in [-0.4, -0.2) is 51.1 Å². The van der Waals surface area contributed by atoms with Crippen LogP contribution < -0.4 is 21.5 Å². The van der Waals surface area contributed by atoms with Crippen LogP contribution >= 0.6 is 11.3 Å². The zero-order valence-electron chi connectivity index (χ0n) is 17.0. The molecular weight excluding hydrogens is 438 g/mol. The lowest BCUT2D eigenvalue weighted by atomic mass is 10.1. The average molecular weight is 459 g/mol. The average Bonchev–Trinajstić information content (AvgIpc) is 3.21. The molecule has 11 nitrogen and oxygen atoms in total. The van der Waals surface area contributed by atoms with E-state index in [1.54, 1.807) is 24.3 Å². The van der Waals surface area contributed by atoms with Crippen molar-refractivity contribution in [2.75, 3.05) is 17.7 Å². The van der Waals surface area contributed by atoms with Crippen LogP contribution in [0.25, 0.3) is 10.9 Å². The second-order valence-corrected chi connectivity index (χ2v) is 8.16. The summed E-state index contributed by atoms with van der Waals surface area (Å²) in [6.07, 6.45) is -0.581. The molecule has 12 heteroatoms. The van der Waals surface area contributed by atoms with E-state index in [1.807, 2.05) is 18.0 Å². The first-order valence-electron chi connectivity index (χ1n) is 9.49. The third-order valence-electron chi connectivity index (χ3n) is 4.65. The van der Waals surface area contributed by atoms with Crippen LogP contribution in [0.3, 0.4) is 0 Å². The lowest BCUT2D eigenvalue weighted by molar-refractivity contribution is -0.140. The minimum absolute atomic E-state index is 0.0462. The molecule has 3 aromatic rings. The fourth-order valence-electron chi connectivity index (χ4n) is 3.06. The van der Waals surface area contributed by atoms with E-state index >= 15 is 0 Å². The number of carboxylic acid groups (broad SMARTS) is 2. The van der Waals surface area contributed by atoms with Crippen molar-refractivity contribution in [3.63, 3.8) is 0 Å². The fourth-order valence-corrected chi connectivity index (χ4v) is 3.93. The maximum absolute atomic E-state index is 12.4. The Bertz CT molecular complexity index is 1240. The Morgan fingerprint density at radius 2 is 2.00 bits per heavy atom. The van der Waals surface area contributed by atoms with Gasteiger partial charge < -0.3 is 26.2 Å². The van der Waals surface area contributed by atoms with Crippen molar-refractivity contribution in [3.8, 4) is 0 Å². The van der Waals surface area contributed by atoms with E-state index in [4.69, 9.17) is 10.8 Å². The van der Waals surface area contributed by atoms with Gasteiger partial charge in [0.2, 0.25) is 5.95 Å². The predicted molar refractivity (Wildman–Crippen MR) is 119 cm³/mol. The van der Waals surface area contributed by atoms with Crippen LogP contribution in [0.15, 0.2) is 35.1 Å². The molecule has 0 radical (unpaired) electrons. The summed E-state index contributed by atoms with van der Waals surface area (Å²) in [5.41, 5.74) is 6.56. The van der Waals surface area contributed by atoms with Crippen molar-refractivity contribution in [2.24, 2.45) is 0 Å². The highest BCUT2D eigenvalue weighted by Crippen LogP contribution is 2.27. The Morgan fingerprint density at radius 1 is 1.25 bits per heavy atom. The van der Waals surface area contributed by atoms with Gasteiger partial charge in [-0.15, -0.1) is 11.3 Å². The number of fused-ring (bicyclic) bond motifs is 1. The van der Waals surface area contributed by atoms with Gasteiger partial charge in [0.25, 0.3) is 11.5 Å². The second-order valence-electron chi connectivity index (χ2n) is 7.09. The number of aromatic nitrogens is 2. The number of hydrogen-bond donors (Lipinski definition) is 5. The highest BCUT2D eigenvalue weighted by atomic mass is 32.1. The van der Waals surface area contributed by atoms with E-state index in [9.17, 15) is 24.3 Å². The molecule has 0 unspecified atom stereocenters. The number of nitrogens with two attached hydrogens (primary N) is 1. The monoisotopic (exact) mass is 459 g/mol. The highest BCUT2D eigenvalue weighted by molar-refractivity contribution is 7.17. The topological polar surface area (TPSA) is 179 Å². The van der Waals surface area contributed by atoms with Gasteiger partial charge >= 0.3 is 11.9 Å². The van der Waals surface area contributed by atoms with Crippen molar-refractivity contribution in [1.29, 1.82) is 0 Å². The first kappa shape index (κ1) is 22.7. The number of carboxylic acids is 2. The molecular formula is C20H21N5O6S. The fraction of sp³-hybridized carbons (Fsp3) is 0.250. The van der Waals surface area contributed by atoms with Gasteiger partial charge in [-0.3, -0.25) is 19.4 Å². The normalized spacial score (nSPS) is 11.8. The molecule has 1 atom stereocenters. The van der Waals surface area contributed by atoms with Gasteiger partial charge in [0.05, 0.1) is 20.8 Å². The summed E-state index contributed by atoms with van der Waals surface area (Å²) in [5, 5.41) is 21.4. The first-order valence-corrected chi connectivity index (χ1v) is 10.3. The zero-order chi connectivity index (χ0) is 23.4. The number of aromatic amines is 1. The first-order chi connectivity index (χ1) is 15.1. The molecule has 0 saturated carbocycles. The van der Waals surface area contributed by atoms with Crippen LogP contribution in [0, 0.1) is 0 Å². The van der Waals surface area contributed by atoms with Crippen LogP contribution in [0.2, 0.25) is 0 Å². The van der Waals surface area contributed by atoms with Gasteiger partial charge in [-0.05, 0) is 36.2 Å². The number of rotatable bonds is 9. The quantitative estimate of drug-likeness (QED) is 0.315. The molecule has 32 heavy (non-hydrogen) atoms. The largest absolute Gasteiger partial charge is 0.481 e. The van der Waals surface area contributed by atoms with E-state index < -0.39 is 23.9 Å². The van der Waals surface area contributed by atoms with E-state index in [0.717, 1.165) is 21.9 Å². The summed E-state index contributed by atoms with van der Waals surface area (Å²) in [5.74, 6) is -2.98. The molecule has 168 valence electrons. The minimum atomic E-state index is -1.30. The number of H-pyrrole nitrogens is 1. The summed E-state index contributed by atoms with van der Waals surface area (Å²) < 4.78 is 0. The van der Waals surface area contributed by atoms with Crippen molar-refractivity contribution in [2.45, 2.75) is 25.4 Å². The molecule has 0 aliphatic rings. The Hall–Kier alpha value is -3.93. The maximum Gasteiger partial charge on any atom is 0.326 e. The van der Waals surface area contributed by atoms with Crippen LogP contribution in [-0.2, 0) is 16.1 Å². The predicted octanol–water partition coefficient (Wildman–Crippen LogP) is 1.25. The number of carbonyl (C=O) groups is 3. The van der Waals surface area contributed by atoms with Crippen LogP contribution in [0.5, 0.6) is 0 Å². The third-order valence-corrected chi connectivity index (χ3v) is 5.85. The Kier molecular flexibility index (Phi) is 6.73. The number of anilines is 2. The Labute approximate surface area is 185 Å². The Morgan fingerprint density at radius 3 is 2.69 bits per heavy atom. The lowest BCUT2D eigenvalue weighted by Gasteiger charge is -2.17. The summed E-state index contributed by atoms with van der Waals surface area (Å²) in [6, 6.07) is 7.26. The number of thiophene rings is 1. The van der Waals surface area contributed by atoms with Gasteiger partial charge in [-0.25, -0.2) is 9.78 Å². The van der Waals surface area contributed by atoms with Crippen molar-refractivity contribution >= 4 is 51.0 Å². The van der Waals surface area contributed by atoms with E-state index in [1.165, 1.54) is 0 Å². The molecule has 0 aliphatic carbocycles. The summed E-state index contributed by atoms with van der Waals surface area (Å²) in [4.78, 5) is 55.2. The smallest absolute Gasteiger partial charge is 0.326 e. The van der Waals surface area contributed by atoms with Crippen molar-refractivity contribution in [1.82, 2.24) is 15.3 Å². The Balaban J connectivity index is 1.70. The van der Waals surface area contributed by atoms with Crippen molar-refractivity contribution in [3.05, 3.63) is 51.1 Å². The number of nitrogen functional groups attached to an aromatic ring is 1. The molecule has 0 spiro atoms. The van der Waals surface area contributed by atoms with E-state index in [2.05, 4.69) is 15.3 Å². The molecule has 0 saturated heterocycles. The number of carbonyl (C=O) groups excluding carboxylic acids is 1. The molecule has 2 heterocycles. The SMILES string of the molecule is CN(Cc1ccc2nc(N)[nH]c(=O)c2c1)c1ccc(C(=O)N[C@H](CCC(=O)O)C(=O)O)s1.